The molecular weight excluding hydrogens is 369 g/mol. The first-order chi connectivity index (χ1) is 12.7. The van der Waals surface area contributed by atoms with Gasteiger partial charge in [-0.2, -0.15) is 13.2 Å². The van der Waals surface area contributed by atoms with Crippen LogP contribution in [0.15, 0.2) is 52.7 Å². The average molecular weight is 378 g/mol. The molecule has 0 N–H and O–H groups in total. The lowest BCUT2D eigenvalue weighted by Gasteiger charge is -2.17. The molecule has 1 aliphatic rings. The predicted molar refractivity (Wildman–Crippen MR) is 87.7 cm³/mol. The molecule has 0 amide bonds. The summed E-state index contributed by atoms with van der Waals surface area (Å²) in [5.41, 5.74) is -5.50. The van der Waals surface area contributed by atoms with Crippen LogP contribution in [0.5, 0.6) is 0 Å². The van der Waals surface area contributed by atoms with E-state index in [4.69, 9.17) is 0 Å². The monoisotopic (exact) mass is 378 g/mol. The Morgan fingerprint density at radius 2 is 1.59 bits per heavy atom. The van der Waals surface area contributed by atoms with E-state index < -0.39 is 38.6 Å². The molecular formula is C16H9F3N4O4. The number of non-ortho nitro benzene ring substituents is 1. The van der Waals surface area contributed by atoms with E-state index in [0.29, 0.717) is 11.6 Å². The summed E-state index contributed by atoms with van der Waals surface area (Å²) in [6, 6.07) is 9.69. The van der Waals surface area contributed by atoms with E-state index in [1.807, 2.05) is 0 Å². The number of benzene rings is 2. The highest BCUT2D eigenvalue weighted by Crippen LogP contribution is 2.56. The summed E-state index contributed by atoms with van der Waals surface area (Å²) in [6.07, 6.45) is -2.50. The lowest BCUT2D eigenvalue weighted by Crippen LogP contribution is -2.31. The van der Waals surface area contributed by atoms with Gasteiger partial charge in [-0.05, 0) is 11.1 Å². The van der Waals surface area contributed by atoms with Crippen LogP contribution < -0.4 is 0 Å². The molecule has 0 saturated heterocycles. The van der Waals surface area contributed by atoms with Crippen molar-refractivity contribution in [1.82, 2.24) is 0 Å². The molecule has 1 aliphatic heterocycles. The van der Waals surface area contributed by atoms with E-state index in [1.165, 1.54) is 6.08 Å². The van der Waals surface area contributed by atoms with Gasteiger partial charge in [-0.15, -0.1) is 10.2 Å². The van der Waals surface area contributed by atoms with Crippen LogP contribution in [0.1, 0.15) is 16.7 Å². The van der Waals surface area contributed by atoms with Crippen LogP contribution in [0.2, 0.25) is 0 Å². The van der Waals surface area contributed by atoms with Crippen molar-refractivity contribution in [3.8, 4) is 0 Å². The molecule has 0 aromatic heterocycles. The maximum Gasteiger partial charge on any atom is 0.442 e. The lowest BCUT2D eigenvalue weighted by molar-refractivity contribution is -0.395. The van der Waals surface area contributed by atoms with Gasteiger partial charge in [0.1, 0.15) is 0 Å². The third-order valence-electron chi connectivity index (χ3n) is 3.84. The van der Waals surface area contributed by atoms with Gasteiger partial charge < -0.3 is 0 Å². The number of nitrogens with zero attached hydrogens (tertiary/aromatic N) is 4. The van der Waals surface area contributed by atoms with Gasteiger partial charge in [0.2, 0.25) is 0 Å². The molecule has 0 unspecified atom stereocenters. The van der Waals surface area contributed by atoms with Gasteiger partial charge in [0.25, 0.3) is 11.4 Å². The van der Waals surface area contributed by atoms with E-state index in [9.17, 15) is 33.4 Å². The molecule has 27 heavy (non-hydrogen) atoms. The lowest BCUT2D eigenvalue weighted by atomic mass is 9.93. The number of rotatable bonds is 5. The molecule has 0 atom stereocenters. The van der Waals surface area contributed by atoms with Gasteiger partial charge in [0.15, 0.2) is 0 Å². The molecule has 3 rings (SSSR count). The maximum absolute atomic E-state index is 13.5. The quantitative estimate of drug-likeness (QED) is 0.420. The Labute approximate surface area is 149 Å². The van der Waals surface area contributed by atoms with Gasteiger partial charge in [-0.1, -0.05) is 42.5 Å². The summed E-state index contributed by atoms with van der Waals surface area (Å²) in [4.78, 5) is 20.4. The minimum atomic E-state index is -5.02. The zero-order valence-corrected chi connectivity index (χ0v) is 13.3. The topological polar surface area (TPSA) is 111 Å². The molecule has 11 heteroatoms. The summed E-state index contributed by atoms with van der Waals surface area (Å²) in [5.74, 6) is 0. The molecule has 0 saturated carbocycles. The smallest absolute Gasteiger partial charge is 0.258 e. The first-order valence-corrected chi connectivity index (χ1v) is 7.37. The van der Waals surface area contributed by atoms with Crippen molar-refractivity contribution in [3.63, 3.8) is 0 Å². The van der Waals surface area contributed by atoms with Crippen molar-refractivity contribution in [2.45, 2.75) is 11.8 Å². The first-order valence-electron chi connectivity index (χ1n) is 7.37. The van der Waals surface area contributed by atoms with E-state index in [2.05, 4.69) is 10.2 Å². The Balaban J connectivity index is 2.25. The third kappa shape index (κ3) is 3.26. The fraction of sp³-hybridized carbons (Fsp3) is 0.125. The van der Waals surface area contributed by atoms with E-state index in [0.717, 1.165) is 12.1 Å². The summed E-state index contributed by atoms with van der Waals surface area (Å²) in [6.45, 7) is 0. The van der Waals surface area contributed by atoms with Crippen molar-refractivity contribution in [1.29, 1.82) is 0 Å². The SMILES string of the molecule is O=[N+]([O-])c1cc(C=Cc2ccccc2)c(C2(C(F)(F)F)N=N2)c([N+](=O)[O-])c1. The molecule has 0 fully saturated rings. The highest BCUT2D eigenvalue weighted by molar-refractivity contribution is 5.76. The van der Waals surface area contributed by atoms with Crippen LogP contribution >= 0.6 is 0 Å². The molecule has 0 radical (unpaired) electrons. The number of hydrogen-bond donors (Lipinski definition) is 0. The van der Waals surface area contributed by atoms with E-state index in [1.54, 1.807) is 30.3 Å². The number of halogens is 3. The van der Waals surface area contributed by atoms with Crippen molar-refractivity contribution in [3.05, 3.63) is 79.4 Å². The van der Waals surface area contributed by atoms with E-state index in [-0.39, 0.29) is 5.56 Å². The number of nitro benzene ring substituents is 2. The van der Waals surface area contributed by atoms with Crippen LogP contribution in [0.3, 0.4) is 0 Å². The number of nitro groups is 2. The van der Waals surface area contributed by atoms with Crippen LogP contribution in [0.25, 0.3) is 12.2 Å². The van der Waals surface area contributed by atoms with Gasteiger partial charge in [0.05, 0.1) is 21.5 Å². The Morgan fingerprint density at radius 1 is 0.963 bits per heavy atom. The van der Waals surface area contributed by atoms with Crippen molar-refractivity contribution in [2.75, 3.05) is 0 Å². The summed E-state index contributed by atoms with van der Waals surface area (Å²) < 4.78 is 40.4. The predicted octanol–water partition coefficient (Wildman–Crippen LogP) is 4.85. The molecule has 2 aromatic rings. The van der Waals surface area contributed by atoms with Crippen LogP contribution in [0, 0.1) is 20.2 Å². The first kappa shape index (κ1) is 18.2. The van der Waals surface area contributed by atoms with Crippen LogP contribution in [-0.2, 0) is 5.66 Å². The van der Waals surface area contributed by atoms with Crippen molar-refractivity contribution < 1.29 is 23.0 Å². The molecule has 0 spiro atoms. The molecule has 0 bridgehead atoms. The molecule has 1 heterocycles. The largest absolute Gasteiger partial charge is 0.442 e. The summed E-state index contributed by atoms with van der Waals surface area (Å²) in [5, 5.41) is 28.4. The highest BCUT2D eigenvalue weighted by Gasteiger charge is 2.68. The second-order valence-electron chi connectivity index (χ2n) is 5.56. The second kappa shape index (κ2) is 6.27. The minimum Gasteiger partial charge on any atom is -0.258 e. The number of hydrogen-bond acceptors (Lipinski definition) is 6. The highest BCUT2D eigenvalue weighted by atomic mass is 19.4. The third-order valence-corrected chi connectivity index (χ3v) is 3.84. The van der Waals surface area contributed by atoms with Gasteiger partial charge >= 0.3 is 11.8 Å². The average Bonchev–Trinajstić information content (AvgIpc) is 3.41. The molecule has 8 nitrogen and oxygen atoms in total. The molecule has 0 aliphatic carbocycles. The Morgan fingerprint density at radius 3 is 2.07 bits per heavy atom. The van der Waals surface area contributed by atoms with E-state index >= 15 is 0 Å². The second-order valence-corrected chi connectivity index (χ2v) is 5.56. The Hall–Kier alpha value is -3.63. The Kier molecular flexibility index (Phi) is 4.22. The fourth-order valence-corrected chi connectivity index (χ4v) is 2.55. The number of alkyl halides is 3. The van der Waals surface area contributed by atoms with Gasteiger partial charge in [-0.3, -0.25) is 20.2 Å². The van der Waals surface area contributed by atoms with Gasteiger partial charge in [-0.25, -0.2) is 0 Å². The normalized spacial score (nSPS) is 15.1. The van der Waals surface area contributed by atoms with Gasteiger partial charge in [0, 0.05) is 6.07 Å². The van der Waals surface area contributed by atoms with Crippen LogP contribution in [0.4, 0.5) is 24.5 Å². The zero-order chi connectivity index (χ0) is 19.8. The molecule has 2 aromatic carbocycles. The summed E-state index contributed by atoms with van der Waals surface area (Å²) in [7, 11) is 0. The van der Waals surface area contributed by atoms with Crippen molar-refractivity contribution >= 4 is 23.5 Å². The minimum absolute atomic E-state index is 0.359. The molecule has 138 valence electrons. The standard InChI is InChI=1S/C16H9F3N4O4/c17-16(18,19)15(20-21-15)14-11(7-6-10-4-2-1-3-5-10)8-12(22(24)25)9-13(14)23(26)27/h1-9H. The van der Waals surface area contributed by atoms with Crippen LogP contribution in [-0.4, -0.2) is 16.0 Å². The van der Waals surface area contributed by atoms with Crippen molar-refractivity contribution in [2.24, 2.45) is 10.2 Å². The Bertz CT molecular complexity index is 981. The zero-order valence-electron chi connectivity index (χ0n) is 13.3. The maximum atomic E-state index is 13.5. The fourth-order valence-electron chi connectivity index (χ4n) is 2.55. The summed E-state index contributed by atoms with van der Waals surface area (Å²) >= 11 is 0.